The predicted molar refractivity (Wildman–Crippen MR) is 120 cm³/mol. The molecule has 0 amide bonds. The molecule has 0 saturated heterocycles. The molecular weight excluding hydrogens is 405 g/mol. The number of rotatable bonds is 10. The van der Waals surface area contributed by atoms with Gasteiger partial charge in [0.2, 0.25) is 0 Å². The molecule has 0 aromatic heterocycles. The maximum absolute atomic E-state index is 6.23. The van der Waals surface area contributed by atoms with E-state index < -0.39 is 0 Å². The van der Waals surface area contributed by atoms with Crippen molar-refractivity contribution in [2.24, 2.45) is 0 Å². The molecule has 152 valence electrons. The monoisotopic (exact) mass is 429 g/mol. The Kier molecular flexibility index (Phi) is 8.24. The molecule has 0 aliphatic rings. The molecule has 3 rings (SSSR count). The smallest absolute Gasteiger partial charge is 0.161 e. The van der Waals surface area contributed by atoms with Crippen molar-refractivity contribution in [2.75, 3.05) is 13.2 Å². The highest BCUT2D eigenvalue weighted by atomic mass is 35.5. The summed E-state index contributed by atoms with van der Waals surface area (Å²) < 4.78 is 11.8. The van der Waals surface area contributed by atoms with Gasteiger partial charge in [-0.3, -0.25) is 0 Å². The summed E-state index contributed by atoms with van der Waals surface area (Å²) in [5.41, 5.74) is 3.35. The van der Waals surface area contributed by atoms with Crippen molar-refractivity contribution >= 4 is 23.2 Å². The van der Waals surface area contributed by atoms with Crippen LogP contribution in [0.3, 0.4) is 0 Å². The molecule has 3 nitrogen and oxygen atoms in total. The van der Waals surface area contributed by atoms with Gasteiger partial charge < -0.3 is 14.8 Å². The number of nitrogens with one attached hydrogen (secondary N) is 1. The van der Waals surface area contributed by atoms with Crippen LogP contribution in [0, 0.1) is 0 Å². The van der Waals surface area contributed by atoms with Gasteiger partial charge in [0, 0.05) is 16.6 Å². The molecule has 0 saturated carbocycles. The molecule has 0 unspecified atom stereocenters. The molecule has 3 aromatic rings. The molecule has 0 bridgehead atoms. The number of halogens is 2. The standard InChI is InChI=1S/C24H25Cl2NO2/c1-2-28-24-14-19(8-11-23(24)29-17-18-6-4-3-5-7-18)16-27-13-12-20-9-10-21(25)15-22(20)26/h3-11,14-15,27H,2,12-13,16-17H2,1H3. The second-order valence-corrected chi connectivity index (χ2v) is 7.49. The second kappa shape index (κ2) is 11.1. The van der Waals surface area contributed by atoms with Gasteiger partial charge in [-0.05, 0) is 60.8 Å². The lowest BCUT2D eigenvalue weighted by atomic mass is 10.1. The first-order valence-corrected chi connectivity index (χ1v) is 10.5. The van der Waals surface area contributed by atoms with Crippen LogP contribution >= 0.6 is 23.2 Å². The van der Waals surface area contributed by atoms with Gasteiger partial charge >= 0.3 is 0 Å². The Hall–Kier alpha value is -2.20. The molecular formula is C24H25Cl2NO2. The van der Waals surface area contributed by atoms with Crippen molar-refractivity contribution in [3.63, 3.8) is 0 Å². The largest absolute Gasteiger partial charge is 0.490 e. The van der Waals surface area contributed by atoms with Crippen LogP contribution in [-0.4, -0.2) is 13.2 Å². The summed E-state index contributed by atoms with van der Waals surface area (Å²) >= 11 is 12.2. The highest BCUT2D eigenvalue weighted by Gasteiger charge is 2.08. The summed E-state index contributed by atoms with van der Waals surface area (Å²) in [5, 5.41) is 4.81. The quantitative estimate of drug-likeness (QED) is 0.383. The lowest BCUT2D eigenvalue weighted by molar-refractivity contribution is 0.269. The fourth-order valence-electron chi connectivity index (χ4n) is 2.97. The van der Waals surface area contributed by atoms with Gasteiger partial charge in [0.05, 0.1) is 6.61 Å². The Morgan fingerprint density at radius 1 is 0.828 bits per heavy atom. The van der Waals surface area contributed by atoms with Crippen molar-refractivity contribution < 1.29 is 9.47 Å². The van der Waals surface area contributed by atoms with E-state index in [-0.39, 0.29) is 0 Å². The summed E-state index contributed by atoms with van der Waals surface area (Å²) in [7, 11) is 0. The average molecular weight is 430 g/mol. The Labute approximate surface area is 182 Å². The minimum absolute atomic E-state index is 0.514. The van der Waals surface area contributed by atoms with E-state index in [4.69, 9.17) is 32.7 Å². The maximum Gasteiger partial charge on any atom is 0.161 e. The Morgan fingerprint density at radius 3 is 2.41 bits per heavy atom. The third-order valence-corrected chi connectivity index (χ3v) is 5.05. The first kappa shape index (κ1) is 21.5. The fraction of sp³-hybridized carbons (Fsp3) is 0.250. The fourth-order valence-corrected chi connectivity index (χ4v) is 3.47. The van der Waals surface area contributed by atoms with Crippen molar-refractivity contribution in [3.8, 4) is 11.5 Å². The Balaban J connectivity index is 1.54. The zero-order valence-corrected chi connectivity index (χ0v) is 18.0. The van der Waals surface area contributed by atoms with Crippen LogP contribution in [0.1, 0.15) is 23.6 Å². The van der Waals surface area contributed by atoms with Crippen molar-refractivity contribution in [1.29, 1.82) is 0 Å². The van der Waals surface area contributed by atoms with Crippen molar-refractivity contribution in [1.82, 2.24) is 5.32 Å². The van der Waals surface area contributed by atoms with Crippen LogP contribution in [0.2, 0.25) is 10.0 Å². The summed E-state index contributed by atoms with van der Waals surface area (Å²) in [6.07, 6.45) is 0.840. The second-order valence-electron chi connectivity index (χ2n) is 6.65. The molecule has 0 aliphatic heterocycles. The Morgan fingerprint density at radius 2 is 1.66 bits per heavy atom. The zero-order valence-electron chi connectivity index (χ0n) is 16.5. The number of benzene rings is 3. The van der Waals surface area contributed by atoms with Crippen LogP contribution in [0.25, 0.3) is 0 Å². The number of ether oxygens (including phenoxy) is 2. The van der Waals surface area contributed by atoms with Gasteiger partial charge in [-0.2, -0.15) is 0 Å². The lowest BCUT2D eigenvalue weighted by Gasteiger charge is -2.14. The highest BCUT2D eigenvalue weighted by molar-refractivity contribution is 6.35. The predicted octanol–water partition coefficient (Wildman–Crippen LogP) is 6.30. The molecule has 0 aliphatic carbocycles. The first-order valence-electron chi connectivity index (χ1n) is 9.73. The highest BCUT2D eigenvalue weighted by Crippen LogP contribution is 2.29. The molecule has 0 spiro atoms. The maximum atomic E-state index is 6.23. The van der Waals surface area contributed by atoms with Gasteiger partial charge in [-0.25, -0.2) is 0 Å². The zero-order chi connectivity index (χ0) is 20.5. The molecule has 0 heterocycles. The molecule has 0 fully saturated rings. The van der Waals surface area contributed by atoms with E-state index in [0.717, 1.165) is 47.7 Å². The Bertz CT molecular complexity index is 916. The minimum Gasteiger partial charge on any atom is -0.490 e. The molecule has 3 aromatic carbocycles. The number of hydrogen-bond acceptors (Lipinski definition) is 3. The van der Waals surface area contributed by atoms with Crippen LogP contribution < -0.4 is 14.8 Å². The van der Waals surface area contributed by atoms with Crippen LogP contribution in [0.5, 0.6) is 11.5 Å². The van der Waals surface area contributed by atoms with Crippen LogP contribution in [0.4, 0.5) is 0 Å². The van der Waals surface area contributed by atoms with E-state index in [2.05, 4.69) is 11.4 Å². The summed E-state index contributed by atoms with van der Waals surface area (Å²) in [5.74, 6) is 1.52. The molecule has 1 N–H and O–H groups in total. The molecule has 5 heteroatoms. The van der Waals surface area contributed by atoms with E-state index in [1.165, 1.54) is 0 Å². The van der Waals surface area contributed by atoms with E-state index >= 15 is 0 Å². The van der Waals surface area contributed by atoms with Crippen LogP contribution in [0.15, 0.2) is 66.7 Å². The SMILES string of the molecule is CCOc1cc(CNCCc2ccc(Cl)cc2Cl)ccc1OCc1ccccc1. The summed E-state index contributed by atoms with van der Waals surface area (Å²) in [4.78, 5) is 0. The molecule has 29 heavy (non-hydrogen) atoms. The average Bonchev–Trinajstić information content (AvgIpc) is 2.73. The third kappa shape index (κ3) is 6.67. The summed E-state index contributed by atoms with van der Waals surface area (Å²) in [6.45, 7) is 4.64. The topological polar surface area (TPSA) is 30.5 Å². The van der Waals surface area contributed by atoms with Crippen molar-refractivity contribution in [3.05, 3.63) is 93.5 Å². The van der Waals surface area contributed by atoms with Gasteiger partial charge in [-0.1, -0.05) is 65.7 Å². The van der Waals surface area contributed by atoms with Gasteiger partial charge in [0.25, 0.3) is 0 Å². The van der Waals surface area contributed by atoms with E-state index in [9.17, 15) is 0 Å². The van der Waals surface area contributed by atoms with E-state index in [1.54, 1.807) is 6.07 Å². The lowest BCUT2D eigenvalue weighted by Crippen LogP contribution is -2.17. The normalized spacial score (nSPS) is 10.7. The molecule has 0 radical (unpaired) electrons. The van der Waals surface area contributed by atoms with E-state index in [0.29, 0.717) is 23.3 Å². The van der Waals surface area contributed by atoms with Gasteiger partial charge in [0.15, 0.2) is 11.5 Å². The van der Waals surface area contributed by atoms with E-state index in [1.807, 2.05) is 61.5 Å². The van der Waals surface area contributed by atoms with Crippen LogP contribution in [-0.2, 0) is 19.6 Å². The first-order chi connectivity index (χ1) is 14.2. The van der Waals surface area contributed by atoms with Gasteiger partial charge in [-0.15, -0.1) is 0 Å². The number of hydrogen-bond donors (Lipinski definition) is 1. The molecule has 0 atom stereocenters. The third-order valence-electron chi connectivity index (χ3n) is 4.46. The minimum atomic E-state index is 0.514. The summed E-state index contributed by atoms with van der Waals surface area (Å²) in [6, 6.07) is 21.8. The van der Waals surface area contributed by atoms with Crippen molar-refractivity contribution in [2.45, 2.75) is 26.5 Å². The van der Waals surface area contributed by atoms with Gasteiger partial charge in [0.1, 0.15) is 6.61 Å².